The Labute approximate surface area is 231 Å². The normalized spacial score (nSPS) is 11.9. The number of carbonyl (C=O) groups excluding carboxylic acids is 2. The molecule has 0 fully saturated rings. The summed E-state index contributed by atoms with van der Waals surface area (Å²) in [5, 5.41) is 2.80. The van der Waals surface area contributed by atoms with Crippen molar-refractivity contribution >= 4 is 27.5 Å². The maximum atomic E-state index is 14.0. The molecule has 0 heterocycles. The van der Waals surface area contributed by atoms with Crippen LogP contribution in [0.5, 0.6) is 5.75 Å². The van der Waals surface area contributed by atoms with Gasteiger partial charge in [-0.2, -0.15) is 0 Å². The first-order chi connectivity index (χ1) is 18.7. The van der Waals surface area contributed by atoms with Gasteiger partial charge in [-0.05, 0) is 69.2 Å². The molecule has 1 N–H and O–H groups in total. The second-order valence-corrected chi connectivity index (χ2v) is 10.9. The Morgan fingerprint density at radius 3 is 2.10 bits per heavy atom. The van der Waals surface area contributed by atoms with Gasteiger partial charge < -0.3 is 15.0 Å². The zero-order valence-electron chi connectivity index (χ0n) is 23.0. The van der Waals surface area contributed by atoms with Gasteiger partial charge in [0.2, 0.25) is 11.8 Å². The smallest absolute Gasteiger partial charge is 0.264 e. The molecule has 9 heteroatoms. The predicted molar refractivity (Wildman–Crippen MR) is 153 cm³/mol. The van der Waals surface area contributed by atoms with Crippen LogP contribution in [0.4, 0.5) is 5.69 Å². The van der Waals surface area contributed by atoms with E-state index in [9.17, 15) is 18.0 Å². The fraction of sp³-hybridized carbons (Fsp3) is 0.333. The van der Waals surface area contributed by atoms with Crippen LogP contribution >= 0.6 is 0 Å². The third-order valence-electron chi connectivity index (χ3n) is 6.26. The van der Waals surface area contributed by atoms with Crippen molar-refractivity contribution in [3.05, 3.63) is 90.0 Å². The van der Waals surface area contributed by atoms with E-state index < -0.39 is 28.5 Å². The lowest BCUT2D eigenvalue weighted by atomic mass is 10.1. The summed E-state index contributed by atoms with van der Waals surface area (Å²) in [5.41, 5.74) is 2.07. The number of likely N-dealkylation sites (N-methyl/N-ethyl adjacent to an activating group) is 1. The molecule has 0 bridgehead atoms. The molecule has 0 aromatic heterocycles. The highest BCUT2D eigenvalue weighted by Gasteiger charge is 2.33. The quantitative estimate of drug-likeness (QED) is 0.337. The Balaban J connectivity index is 2.04. The summed E-state index contributed by atoms with van der Waals surface area (Å²) in [6.07, 6.45) is 0.373. The Kier molecular flexibility index (Phi) is 10.5. The van der Waals surface area contributed by atoms with Crippen LogP contribution in [0, 0.1) is 6.92 Å². The molecule has 2 amide bonds. The van der Waals surface area contributed by atoms with Crippen molar-refractivity contribution in [1.29, 1.82) is 0 Å². The number of carbonyl (C=O) groups is 2. The lowest BCUT2D eigenvalue weighted by Gasteiger charge is -2.33. The van der Waals surface area contributed by atoms with Crippen LogP contribution in [0.3, 0.4) is 0 Å². The fourth-order valence-electron chi connectivity index (χ4n) is 4.23. The molecule has 0 aliphatic heterocycles. The number of ether oxygens (including phenoxy) is 1. The standard InChI is InChI=1S/C30H37N3O5S/c1-5-28(30(35)31-6-2)32(21-24-11-9-8-10-12-24)29(34)22-33(25-15-17-26(18-16-25)38-7-3)39(36,37)27-19-13-23(4)14-20-27/h8-20,28H,5-7,21-22H2,1-4H3,(H,31,35)/t28-/m1/s1. The summed E-state index contributed by atoms with van der Waals surface area (Å²) >= 11 is 0. The molecule has 3 rings (SSSR count). The monoisotopic (exact) mass is 551 g/mol. The number of anilines is 1. The number of nitrogens with one attached hydrogen (secondary N) is 1. The minimum Gasteiger partial charge on any atom is -0.494 e. The molecule has 0 unspecified atom stereocenters. The number of rotatable bonds is 13. The lowest BCUT2D eigenvalue weighted by molar-refractivity contribution is -0.140. The van der Waals surface area contributed by atoms with E-state index in [1.165, 1.54) is 17.0 Å². The molecule has 208 valence electrons. The van der Waals surface area contributed by atoms with Gasteiger partial charge in [0.15, 0.2) is 0 Å². The molecule has 0 spiro atoms. The van der Waals surface area contributed by atoms with E-state index >= 15 is 0 Å². The largest absolute Gasteiger partial charge is 0.494 e. The molecular formula is C30H37N3O5S. The van der Waals surface area contributed by atoms with E-state index in [1.807, 2.05) is 58.0 Å². The maximum absolute atomic E-state index is 14.0. The number of benzene rings is 3. The van der Waals surface area contributed by atoms with Crippen LogP contribution in [0.1, 0.15) is 38.3 Å². The van der Waals surface area contributed by atoms with E-state index in [-0.39, 0.29) is 17.3 Å². The first-order valence-corrected chi connectivity index (χ1v) is 14.6. The molecule has 8 nitrogen and oxygen atoms in total. The third-order valence-corrected chi connectivity index (χ3v) is 8.04. The molecular weight excluding hydrogens is 514 g/mol. The van der Waals surface area contributed by atoms with Crippen LogP contribution in [0.2, 0.25) is 0 Å². The van der Waals surface area contributed by atoms with E-state index in [1.54, 1.807) is 36.4 Å². The number of amides is 2. The second kappa shape index (κ2) is 13.8. The van der Waals surface area contributed by atoms with Crippen molar-refractivity contribution in [2.24, 2.45) is 0 Å². The van der Waals surface area contributed by atoms with Gasteiger partial charge in [0.25, 0.3) is 10.0 Å². The van der Waals surface area contributed by atoms with Gasteiger partial charge in [-0.25, -0.2) is 8.42 Å². The van der Waals surface area contributed by atoms with Crippen LogP contribution in [-0.4, -0.2) is 50.9 Å². The summed E-state index contributed by atoms with van der Waals surface area (Å²) in [4.78, 5) is 28.5. The Morgan fingerprint density at radius 2 is 1.54 bits per heavy atom. The van der Waals surface area contributed by atoms with Crippen LogP contribution in [-0.2, 0) is 26.2 Å². The van der Waals surface area contributed by atoms with E-state index in [2.05, 4.69) is 5.32 Å². The molecule has 0 aliphatic carbocycles. The van der Waals surface area contributed by atoms with Gasteiger partial charge in [-0.1, -0.05) is 55.0 Å². The topological polar surface area (TPSA) is 96.0 Å². The van der Waals surface area contributed by atoms with Crippen molar-refractivity contribution in [3.63, 3.8) is 0 Å². The van der Waals surface area contributed by atoms with Crippen molar-refractivity contribution < 1.29 is 22.7 Å². The summed E-state index contributed by atoms with van der Waals surface area (Å²) in [6, 6.07) is 21.7. The minimum atomic E-state index is -4.12. The highest BCUT2D eigenvalue weighted by atomic mass is 32.2. The second-order valence-electron chi connectivity index (χ2n) is 9.08. The Morgan fingerprint density at radius 1 is 0.897 bits per heavy atom. The van der Waals surface area contributed by atoms with Crippen molar-refractivity contribution in [1.82, 2.24) is 10.2 Å². The Bertz CT molecular complexity index is 1330. The van der Waals surface area contributed by atoms with Gasteiger partial charge in [0.1, 0.15) is 18.3 Å². The van der Waals surface area contributed by atoms with Gasteiger partial charge in [0.05, 0.1) is 17.2 Å². The SMILES string of the molecule is CCNC(=O)[C@@H](CC)N(Cc1ccccc1)C(=O)CN(c1ccc(OCC)cc1)S(=O)(=O)c1ccc(C)cc1. The molecule has 0 radical (unpaired) electrons. The lowest BCUT2D eigenvalue weighted by Crippen LogP contribution is -2.52. The molecule has 0 saturated heterocycles. The number of hydrogen-bond acceptors (Lipinski definition) is 5. The van der Waals surface area contributed by atoms with Crippen molar-refractivity contribution in [2.75, 3.05) is 24.0 Å². The van der Waals surface area contributed by atoms with Crippen molar-refractivity contribution in [3.8, 4) is 5.75 Å². The number of nitrogens with zero attached hydrogens (tertiary/aromatic N) is 2. The molecule has 3 aromatic carbocycles. The highest BCUT2D eigenvalue weighted by Crippen LogP contribution is 2.27. The van der Waals surface area contributed by atoms with E-state index in [4.69, 9.17) is 4.74 Å². The average Bonchev–Trinajstić information content (AvgIpc) is 2.93. The van der Waals surface area contributed by atoms with Gasteiger partial charge in [0, 0.05) is 13.1 Å². The first-order valence-electron chi connectivity index (χ1n) is 13.1. The molecule has 39 heavy (non-hydrogen) atoms. The predicted octanol–water partition coefficient (Wildman–Crippen LogP) is 4.53. The van der Waals surface area contributed by atoms with Gasteiger partial charge in [-0.3, -0.25) is 13.9 Å². The number of sulfonamides is 1. The third kappa shape index (κ3) is 7.60. The van der Waals surface area contributed by atoms with E-state index in [0.717, 1.165) is 15.4 Å². The summed E-state index contributed by atoms with van der Waals surface area (Å²) in [7, 11) is -4.12. The van der Waals surface area contributed by atoms with Crippen LogP contribution in [0.15, 0.2) is 83.8 Å². The minimum absolute atomic E-state index is 0.0696. The summed E-state index contributed by atoms with van der Waals surface area (Å²) in [6.45, 7) is 7.95. The molecule has 3 aromatic rings. The number of aryl methyl sites for hydroxylation is 1. The van der Waals surface area contributed by atoms with Gasteiger partial charge in [-0.15, -0.1) is 0 Å². The summed E-state index contributed by atoms with van der Waals surface area (Å²) < 4.78 is 34.4. The fourth-order valence-corrected chi connectivity index (χ4v) is 5.65. The average molecular weight is 552 g/mol. The van der Waals surface area contributed by atoms with E-state index in [0.29, 0.717) is 31.0 Å². The first kappa shape index (κ1) is 29.7. The van der Waals surface area contributed by atoms with Crippen LogP contribution in [0.25, 0.3) is 0 Å². The van der Waals surface area contributed by atoms with Gasteiger partial charge >= 0.3 is 0 Å². The molecule has 1 atom stereocenters. The zero-order chi connectivity index (χ0) is 28.4. The number of hydrogen-bond donors (Lipinski definition) is 1. The van der Waals surface area contributed by atoms with Crippen molar-refractivity contribution in [2.45, 2.75) is 51.6 Å². The molecule has 0 aliphatic rings. The Hall–Kier alpha value is -3.85. The van der Waals surface area contributed by atoms with Crippen LogP contribution < -0.4 is 14.4 Å². The maximum Gasteiger partial charge on any atom is 0.264 e. The summed E-state index contributed by atoms with van der Waals surface area (Å²) in [5.74, 6) is -0.173. The highest BCUT2D eigenvalue weighted by molar-refractivity contribution is 7.92. The molecule has 0 saturated carbocycles. The zero-order valence-corrected chi connectivity index (χ0v) is 23.8.